The average molecular weight is 337 g/mol. The Balaban J connectivity index is 1.66. The first-order valence-electron chi connectivity index (χ1n) is 8.53. The molecule has 0 radical (unpaired) electrons. The van der Waals surface area contributed by atoms with Gasteiger partial charge in [-0.1, -0.05) is 60.7 Å². The summed E-state index contributed by atoms with van der Waals surface area (Å²) in [6.45, 7) is 0. The van der Waals surface area contributed by atoms with E-state index in [0.717, 1.165) is 11.3 Å². The van der Waals surface area contributed by atoms with Gasteiger partial charge in [-0.2, -0.15) is 0 Å². The second-order valence-electron chi connectivity index (χ2n) is 6.09. The van der Waals surface area contributed by atoms with Crippen LogP contribution in [0.4, 0.5) is 17.2 Å². The Kier molecular flexibility index (Phi) is 4.35. The number of rotatable bonds is 4. The number of nitrogens with zero attached hydrogens (tertiary/aromatic N) is 1. The number of anilines is 3. The van der Waals surface area contributed by atoms with Crippen LogP contribution in [-0.2, 0) is 0 Å². The van der Waals surface area contributed by atoms with E-state index in [2.05, 4.69) is 71.0 Å². The van der Waals surface area contributed by atoms with E-state index in [1.807, 2.05) is 30.3 Å². The standard InChI is InChI=1S/C23H19N3/c24-22-13-6-14-25-23(22)26-21-12-5-11-20(16-21)19-10-4-9-18(15-19)17-7-2-1-3-8-17/h1-16H,24H2,(H,25,26). The first-order valence-corrected chi connectivity index (χ1v) is 8.53. The van der Waals surface area contributed by atoms with Gasteiger partial charge in [-0.25, -0.2) is 4.98 Å². The minimum Gasteiger partial charge on any atom is -0.396 e. The van der Waals surface area contributed by atoms with Crippen LogP contribution in [0, 0.1) is 0 Å². The molecule has 0 saturated carbocycles. The second kappa shape index (κ2) is 7.11. The summed E-state index contributed by atoms with van der Waals surface area (Å²) in [7, 11) is 0. The average Bonchev–Trinajstić information content (AvgIpc) is 2.71. The number of aromatic nitrogens is 1. The Labute approximate surface area is 153 Å². The van der Waals surface area contributed by atoms with Gasteiger partial charge in [-0.3, -0.25) is 0 Å². The summed E-state index contributed by atoms with van der Waals surface area (Å²) in [5.74, 6) is 0.669. The van der Waals surface area contributed by atoms with E-state index in [-0.39, 0.29) is 0 Å². The van der Waals surface area contributed by atoms with E-state index in [9.17, 15) is 0 Å². The fourth-order valence-corrected chi connectivity index (χ4v) is 2.94. The normalized spacial score (nSPS) is 10.5. The van der Waals surface area contributed by atoms with Crippen LogP contribution in [0.2, 0.25) is 0 Å². The summed E-state index contributed by atoms with van der Waals surface area (Å²) in [5.41, 5.74) is 12.3. The van der Waals surface area contributed by atoms with Gasteiger partial charge in [0, 0.05) is 11.9 Å². The van der Waals surface area contributed by atoms with Crippen molar-refractivity contribution in [3.05, 3.63) is 97.2 Å². The third kappa shape index (κ3) is 3.42. The molecule has 1 aromatic heterocycles. The van der Waals surface area contributed by atoms with Gasteiger partial charge >= 0.3 is 0 Å². The predicted molar refractivity (Wildman–Crippen MR) is 109 cm³/mol. The molecule has 0 bridgehead atoms. The molecule has 0 amide bonds. The fraction of sp³-hybridized carbons (Fsp3) is 0. The van der Waals surface area contributed by atoms with Crippen LogP contribution in [0.5, 0.6) is 0 Å². The third-order valence-corrected chi connectivity index (χ3v) is 4.27. The van der Waals surface area contributed by atoms with Crippen molar-refractivity contribution in [2.24, 2.45) is 0 Å². The van der Waals surface area contributed by atoms with Crippen molar-refractivity contribution in [3.63, 3.8) is 0 Å². The lowest BCUT2D eigenvalue weighted by Gasteiger charge is -2.10. The first-order chi connectivity index (χ1) is 12.8. The van der Waals surface area contributed by atoms with Gasteiger partial charge in [0.1, 0.15) is 0 Å². The Morgan fingerprint density at radius 3 is 2.04 bits per heavy atom. The smallest absolute Gasteiger partial charge is 0.153 e. The van der Waals surface area contributed by atoms with E-state index in [1.165, 1.54) is 16.7 Å². The van der Waals surface area contributed by atoms with Crippen molar-refractivity contribution >= 4 is 17.2 Å². The number of hydrogen-bond donors (Lipinski definition) is 2. The molecule has 3 aromatic carbocycles. The molecular formula is C23H19N3. The summed E-state index contributed by atoms with van der Waals surface area (Å²) >= 11 is 0. The number of nitrogen functional groups attached to an aromatic ring is 1. The molecule has 0 unspecified atom stereocenters. The molecule has 26 heavy (non-hydrogen) atoms. The highest BCUT2D eigenvalue weighted by molar-refractivity contribution is 5.76. The molecule has 4 aromatic rings. The van der Waals surface area contributed by atoms with E-state index >= 15 is 0 Å². The van der Waals surface area contributed by atoms with Gasteiger partial charge < -0.3 is 11.1 Å². The Morgan fingerprint density at radius 2 is 1.27 bits per heavy atom. The van der Waals surface area contributed by atoms with Crippen molar-refractivity contribution in [2.45, 2.75) is 0 Å². The quantitative estimate of drug-likeness (QED) is 0.499. The molecule has 1 heterocycles. The van der Waals surface area contributed by atoms with E-state index in [4.69, 9.17) is 5.73 Å². The van der Waals surface area contributed by atoms with Crippen LogP contribution in [0.1, 0.15) is 0 Å². The van der Waals surface area contributed by atoms with E-state index < -0.39 is 0 Å². The third-order valence-electron chi connectivity index (χ3n) is 4.27. The van der Waals surface area contributed by atoms with E-state index in [0.29, 0.717) is 11.5 Å². The minimum atomic E-state index is 0.629. The monoisotopic (exact) mass is 337 g/mol. The second-order valence-corrected chi connectivity index (χ2v) is 6.09. The molecule has 0 aliphatic heterocycles. The van der Waals surface area contributed by atoms with Crippen LogP contribution in [0.25, 0.3) is 22.3 Å². The molecule has 0 spiro atoms. The zero-order valence-electron chi connectivity index (χ0n) is 14.3. The van der Waals surface area contributed by atoms with Crippen molar-refractivity contribution in [2.75, 3.05) is 11.1 Å². The number of benzene rings is 3. The molecule has 0 aliphatic rings. The van der Waals surface area contributed by atoms with Crippen molar-refractivity contribution in [1.82, 2.24) is 4.98 Å². The summed E-state index contributed by atoms with van der Waals surface area (Å²) in [6.07, 6.45) is 1.73. The predicted octanol–water partition coefficient (Wildman–Crippen LogP) is 5.74. The SMILES string of the molecule is Nc1cccnc1Nc1cccc(-c2cccc(-c3ccccc3)c2)c1. The molecular weight excluding hydrogens is 318 g/mol. The molecule has 0 saturated heterocycles. The highest BCUT2D eigenvalue weighted by Crippen LogP contribution is 2.29. The summed E-state index contributed by atoms with van der Waals surface area (Å²) in [4.78, 5) is 4.29. The van der Waals surface area contributed by atoms with Crippen LogP contribution in [0.15, 0.2) is 97.2 Å². The van der Waals surface area contributed by atoms with Gasteiger partial charge in [0.2, 0.25) is 0 Å². The first kappa shape index (κ1) is 15.9. The lowest BCUT2D eigenvalue weighted by molar-refractivity contribution is 1.31. The minimum absolute atomic E-state index is 0.629. The fourth-order valence-electron chi connectivity index (χ4n) is 2.94. The number of nitrogens with one attached hydrogen (secondary N) is 1. The van der Waals surface area contributed by atoms with Gasteiger partial charge in [-0.05, 0) is 52.6 Å². The van der Waals surface area contributed by atoms with Gasteiger partial charge in [-0.15, -0.1) is 0 Å². The van der Waals surface area contributed by atoms with E-state index in [1.54, 1.807) is 6.20 Å². The van der Waals surface area contributed by atoms with Crippen LogP contribution in [0.3, 0.4) is 0 Å². The molecule has 126 valence electrons. The number of pyridine rings is 1. The lowest BCUT2D eigenvalue weighted by atomic mass is 9.99. The Bertz CT molecular complexity index is 1030. The Hall–Kier alpha value is -3.59. The number of hydrogen-bond acceptors (Lipinski definition) is 3. The zero-order valence-corrected chi connectivity index (χ0v) is 14.3. The molecule has 0 aliphatic carbocycles. The maximum atomic E-state index is 5.98. The van der Waals surface area contributed by atoms with Gasteiger partial charge in [0.25, 0.3) is 0 Å². The summed E-state index contributed by atoms with van der Waals surface area (Å²) in [5, 5.41) is 3.29. The maximum absolute atomic E-state index is 5.98. The Morgan fingerprint density at radius 1 is 0.615 bits per heavy atom. The van der Waals surface area contributed by atoms with Crippen LogP contribution < -0.4 is 11.1 Å². The molecule has 4 rings (SSSR count). The summed E-state index contributed by atoms with van der Waals surface area (Å²) < 4.78 is 0. The summed E-state index contributed by atoms with van der Waals surface area (Å²) in [6, 6.07) is 30.9. The zero-order chi connectivity index (χ0) is 17.8. The largest absolute Gasteiger partial charge is 0.396 e. The van der Waals surface area contributed by atoms with Gasteiger partial charge in [0.05, 0.1) is 5.69 Å². The molecule has 0 fully saturated rings. The molecule has 3 heteroatoms. The topological polar surface area (TPSA) is 50.9 Å². The maximum Gasteiger partial charge on any atom is 0.153 e. The lowest BCUT2D eigenvalue weighted by Crippen LogP contribution is -1.98. The highest BCUT2D eigenvalue weighted by Gasteiger charge is 2.04. The van der Waals surface area contributed by atoms with Crippen molar-refractivity contribution in [3.8, 4) is 22.3 Å². The molecule has 3 N–H and O–H groups in total. The van der Waals surface area contributed by atoms with Crippen LogP contribution >= 0.6 is 0 Å². The van der Waals surface area contributed by atoms with Crippen LogP contribution in [-0.4, -0.2) is 4.98 Å². The number of nitrogens with two attached hydrogens (primary N) is 1. The molecule has 3 nitrogen and oxygen atoms in total. The van der Waals surface area contributed by atoms with Gasteiger partial charge in [0.15, 0.2) is 5.82 Å². The molecule has 0 atom stereocenters. The van der Waals surface area contributed by atoms with Crippen molar-refractivity contribution in [1.29, 1.82) is 0 Å². The van der Waals surface area contributed by atoms with Crippen molar-refractivity contribution < 1.29 is 0 Å². The highest BCUT2D eigenvalue weighted by atomic mass is 15.0.